The van der Waals surface area contributed by atoms with Crippen LogP contribution >= 0.6 is 15.9 Å². The number of nitrogens with zero attached hydrogens (tertiary/aromatic N) is 1. The van der Waals surface area contributed by atoms with Gasteiger partial charge in [0.05, 0.1) is 11.5 Å². The van der Waals surface area contributed by atoms with E-state index >= 15 is 0 Å². The lowest BCUT2D eigenvalue weighted by molar-refractivity contribution is -0.143. The summed E-state index contributed by atoms with van der Waals surface area (Å²) in [7, 11) is -3.77. The highest BCUT2D eigenvalue weighted by molar-refractivity contribution is 9.10. The van der Waals surface area contributed by atoms with Gasteiger partial charge in [0.15, 0.2) is 0 Å². The van der Waals surface area contributed by atoms with Crippen LogP contribution in [0.5, 0.6) is 0 Å². The molecule has 0 amide bonds. The summed E-state index contributed by atoms with van der Waals surface area (Å²) in [5.41, 5.74) is 0.951. The summed E-state index contributed by atoms with van der Waals surface area (Å²) in [5.74, 6) is -0.455. The number of rotatable bonds is 7. The lowest BCUT2D eigenvalue weighted by Gasteiger charge is -2.23. The van der Waals surface area contributed by atoms with Crippen LogP contribution in [-0.2, 0) is 19.6 Å². The first-order valence-electron chi connectivity index (χ1n) is 7.10. The molecule has 0 aromatic heterocycles. The normalized spacial score (nSPS) is 12.0. The predicted molar refractivity (Wildman–Crippen MR) is 89.1 cm³/mol. The fourth-order valence-corrected chi connectivity index (χ4v) is 4.66. The Morgan fingerprint density at radius 3 is 2.50 bits per heavy atom. The Bertz CT molecular complexity index is 628. The maximum absolute atomic E-state index is 12.8. The molecule has 124 valence electrons. The number of carbonyl (C=O) groups is 1. The van der Waals surface area contributed by atoms with Crippen LogP contribution < -0.4 is 0 Å². The van der Waals surface area contributed by atoms with Crippen LogP contribution in [0.2, 0.25) is 0 Å². The van der Waals surface area contributed by atoms with Gasteiger partial charge in [-0.15, -0.1) is 0 Å². The highest BCUT2D eigenvalue weighted by atomic mass is 79.9. The molecule has 0 saturated carbocycles. The van der Waals surface area contributed by atoms with Crippen molar-refractivity contribution in [3.05, 3.63) is 28.2 Å². The van der Waals surface area contributed by atoms with Crippen LogP contribution in [0.25, 0.3) is 0 Å². The van der Waals surface area contributed by atoms with Crippen LogP contribution in [0.1, 0.15) is 26.3 Å². The van der Waals surface area contributed by atoms with Gasteiger partial charge in [0, 0.05) is 11.0 Å². The van der Waals surface area contributed by atoms with E-state index in [2.05, 4.69) is 15.9 Å². The van der Waals surface area contributed by atoms with Gasteiger partial charge < -0.3 is 4.74 Å². The molecule has 0 fully saturated rings. The first kappa shape index (κ1) is 19.1. The van der Waals surface area contributed by atoms with Crippen molar-refractivity contribution in [3.8, 4) is 0 Å². The topological polar surface area (TPSA) is 63.7 Å². The quantitative estimate of drug-likeness (QED) is 0.670. The summed E-state index contributed by atoms with van der Waals surface area (Å²) >= 11 is 3.29. The third kappa shape index (κ3) is 5.07. The highest BCUT2D eigenvalue weighted by Gasteiger charge is 2.29. The van der Waals surface area contributed by atoms with Gasteiger partial charge in [-0.25, -0.2) is 8.42 Å². The number of hydrogen-bond acceptors (Lipinski definition) is 4. The van der Waals surface area contributed by atoms with E-state index in [0.717, 1.165) is 5.56 Å². The second-order valence-electron chi connectivity index (χ2n) is 5.43. The van der Waals surface area contributed by atoms with E-state index in [4.69, 9.17) is 4.74 Å². The van der Waals surface area contributed by atoms with Gasteiger partial charge in [0.25, 0.3) is 0 Å². The van der Waals surface area contributed by atoms with Crippen molar-refractivity contribution in [3.63, 3.8) is 0 Å². The Hall–Kier alpha value is -0.920. The van der Waals surface area contributed by atoms with Gasteiger partial charge in [0.2, 0.25) is 10.0 Å². The molecule has 0 spiro atoms. The average molecular weight is 392 g/mol. The molecule has 0 aliphatic heterocycles. The van der Waals surface area contributed by atoms with Crippen LogP contribution in [0.15, 0.2) is 27.6 Å². The lowest BCUT2D eigenvalue weighted by Crippen LogP contribution is -2.39. The molecule has 0 N–H and O–H groups in total. The second kappa shape index (κ2) is 8.08. The molecule has 22 heavy (non-hydrogen) atoms. The zero-order valence-corrected chi connectivity index (χ0v) is 15.7. The fourth-order valence-electron chi connectivity index (χ4n) is 1.96. The van der Waals surface area contributed by atoms with Crippen molar-refractivity contribution in [2.24, 2.45) is 5.92 Å². The largest absolute Gasteiger partial charge is 0.465 e. The van der Waals surface area contributed by atoms with E-state index in [-0.39, 0.29) is 30.5 Å². The minimum Gasteiger partial charge on any atom is -0.465 e. The number of aryl methyl sites for hydroxylation is 1. The summed E-state index contributed by atoms with van der Waals surface area (Å²) < 4.78 is 32.2. The summed E-state index contributed by atoms with van der Waals surface area (Å²) in [4.78, 5) is 11.9. The number of benzene rings is 1. The standard InChI is InChI=1S/C15H22BrNO4S/c1-5-21-15(18)10-17(9-11(2)3)22(19,20)14-7-6-12(4)8-13(14)16/h6-8,11H,5,9-10H2,1-4H3. The van der Waals surface area contributed by atoms with Gasteiger partial charge in [0.1, 0.15) is 6.54 Å². The molecule has 1 aromatic rings. The minimum atomic E-state index is -3.77. The molecule has 0 bridgehead atoms. The monoisotopic (exact) mass is 391 g/mol. The third-order valence-corrected chi connectivity index (χ3v) is 5.67. The van der Waals surface area contributed by atoms with Crippen molar-refractivity contribution in [2.75, 3.05) is 19.7 Å². The zero-order chi connectivity index (χ0) is 16.9. The Labute approximate surface area is 140 Å². The van der Waals surface area contributed by atoms with Gasteiger partial charge >= 0.3 is 5.97 Å². The smallest absolute Gasteiger partial charge is 0.321 e. The van der Waals surface area contributed by atoms with E-state index in [1.807, 2.05) is 20.8 Å². The first-order valence-corrected chi connectivity index (χ1v) is 9.33. The van der Waals surface area contributed by atoms with Crippen LogP contribution in [-0.4, -0.2) is 38.4 Å². The van der Waals surface area contributed by atoms with Crippen molar-refractivity contribution >= 4 is 31.9 Å². The molecule has 0 saturated heterocycles. The van der Waals surface area contributed by atoms with Crippen molar-refractivity contribution < 1.29 is 17.9 Å². The fraction of sp³-hybridized carbons (Fsp3) is 0.533. The maximum Gasteiger partial charge on any atom is 0.321 e. The molecule has 1 aromatic carbocycles. The van der Waals surface area contributed by atoms with Gasteiger partial charge in [-0.2, -0.15) is 4.31 Å². The first-order chi connectivity index (χ1) is 10.2. The molecular weight excluding hydrogens is 370 g/mol. The van der Waals surface area contributed by atoms with E-state index in [9.17, 15) is 13.2 Å². The second-order valence-corrected chi connectivity index (χ2v) is 8.19. The SMILES string of the molecule is CCOC(=O)CN(CC(C)C)S(=O)(=O)c1ccc(C)cc1Br. The van der Waals surface area contributed by atoms with Crippen LogP contribution in [0, 0.1) is 12.8 Å². The molecule has 5 nitrogen and oxygen atoms in total. The maximum atomic E-state index is 12.8. The van der Waals surface area contributed by atoms with E-state index in [1.54, 1.807) is 25.1 Å². The minimum absolute atomic E-state index is 0.0911. The molecule has 0 atom stereocenters. The van der Waals surface area contributed by atoms with Crippen molar-refractivity contribution in [1.29, 1.82) is 0 Å². The molecular formula is C15H22BrNO4S. The number of hydrogen-bond donors (Lipinski definition) is 0. The van der Waals surface area contributed by atoms with Crippen molar-refractivity contribution in [2.45, 2.75) is 32.6 Å². The molecule has 0 aliphatic carbocycles. The summed E-state index contributed by atoms with van der Waals surface area (Å²) in [6.45, 7) is 7.57. The Morgan fingerprint density at radius 2 is 2.00 bits per heavy atom. The Morgan fingerprint density at radius 1 is 1.36 bits per heavy atom. The van der Waals surface area contributed by atoms with E-state index in [1.165, 1.54) is 4.31 Å². The molecule has 0 radical (unpaired) electrons. The number of carbonyl (C=O) groups excluding carboxylic acids is 1. The van der Waals surface area contributed by atoms with Gasteiger partial charge in [-0.1, -0.05) is 19.9 Å². The summed E-state index contributed by atoms with van der Waals surface area (Å²) in [5, 5.41) is 0. The predicted octanol–water partition coefficient (Wildman–Crippen LogP) is 2.97. The summed E-state index contributed by atoms with van der Waals surface area (Å²) in [6.07, 6.45) is 0. The van der Waals surface area contributed by atoms with Crippen LogP contribution in [0.4, 0.5) is 0 Å². The summed E-state index contributed by atoms with van der Waals surface area (Å²) in [6, 6.07) is 5.02. The molecule has 0 unspecified atom stereocenters. The van der Waals surface area contributed by atoms with Crippen molar-refractivity contribution in [1.82, 2.24) is 4.31 Å². The number of ether oxygens (including phenoxy) is 1. The van der Waals surface area contributed by atoms with E-state index in [0.29, 0.717) is 4.47 Å². The molecule has 0 heterocycles. The average Bonchev–Trinajstić information content (AvgIpc) is 2.37. The zero-order valence-electron chi connectivity index (χ0n) is 13.3. The van der Waals surface area contributed by atoms with E-state index < -0.39 is 16.0 Å². The Kier molecular flexibility index (Phi) is 7.02. The van der Waals surface area contributed by atoms with Gasteiger partial charge in [-0.3, -0.25) is 4.79 Å². The highest BCUT2D eigenvalue weighted by Crippen LogP contribution is 2.26. The van der Waals surface area contributed by atoms with Crippen LogP contribution in [0.3, 0.4) is 0 Å². The molecule has 1 rings (SSSR count). The number of sulfonamides is 1. The number of halogens is 1. The van der Waals surface area contributed by atoms with Gasteiger partial charge in [-0.05, 0) is 53.4 Å². The Balaban J connectivity index is 3.17. The number of esters is 1. The lowest BCUT2D eigenvalue weighted by atomic mass is 10.2. The molecule has 7 heteroatoms. The third-order valence-electron chi connectivity index (χ3n) is 2.88. The molecule has 0 aliphatic rings.